The molecule has 0 saturated carbocycles. The molecular formula is C16H25NO3S. The van der Waals surface area contributed by atoms with Gasteiger partial charge in [0.25, 0.3) is 0 Å². The van der Waals surface area contributed by atoms with Gasteiger partial charge in [-0.15, -0.1) is 11.8 Å². The van der Waals surface area contributed by atoms with E-state index in [9.17, 15) is 4.79 Å². The van der Waals surface area contributed by atoms with Gasteiger partial charge in [0, 0.05) is 5.69 Å². The fourth-order valence-corrected chi connectivity index (χ4v) is 2.30. The molecule has 1 N–H and O–H groups in total. The van der Waals surface area contributed by atoms with Crippen LogP contribution in [0.1, 0.15) is 38.3 Å². The first-order valence-electron chi connectivity index (χ1n) is 7.20. The summed E-state index contributed by atoms with van der Waals surface area (Å²) >= 11 is 1.64. The molecule has 0 aromatic heterocycles. The molecule has 0 heterocycles. The van der Waals surface area contributed by atoms with Crippen molar-refractivity contribution in [3.63, 3.8) is 0 Å². The highest BCUT2D eigenvalue weighted by molar-refractivity contribution is 7.98. The Kier molecular flexibility index (Phi) is 7.43. The van der Waals surface area contributed by atoms with E-state index in [1.54, 1.807) is 11.8 Å². The minimum Gasteiger partial charge on any atom is -0.482 e. The molecule has 118 valence electrons. The smallest absolute Gasteiger partial charge is 0.411 e. The van der Waals surface area contributed by atoms with Gasteiger partial charge in [-0.3, -0.25) is 5.32 Å². The van der Waals surface area contributed by atoms with E-state index in [2.05, 4.69) is 12.2 Å². The number of hydrogen-bond acceptors (Lipinski definition) is 4. The molecule has 5 heteroatoms. The lowest BCUT2D eigenvalue weighted by Gasteiger charge is -2.16. The molecule has 0 atom stereocenters. The van der Waals surface area contributed by atoms with E-state index < -0.39 is 6.09 Å². The Balaban J connectivity index is 2.94. The van der Waals surface area contributed by atoms with Gasteiger partial charge in [0.05, 0.1) is 6.10 Å². The zero-order chi connectivity index (χ0) is 15.8. The maximum atomic E-state index is 11.7. The Bertz CT molecular complexity index is 475. The molecule has 0 saturated heterocycles. The van der Waals surface area contributed by atoms with E-state index in [1.807, 2.05) is 39.2 Å². The fourth-order valence-electron chi connectivity index (χ4n) is 2.06. The molecule has 0 spiro atoms. The molecule has 21 heavy (non-hydrogen) atoms. The second-order valence-electron chi connectivity index (χ2n) is 5.16. The highest BCUT2D eigenvalue weighted by atomic mass is 32.2. The summed E-state index contributed by atoms with van der Waals surface area (Å²) in [6.45, 7) is 7.77. The van der Waals surface area contributed by atoms with Crippen molar-refractivity contribution in [1.82, 2.24) is 0 Å². The number of ether oxygens (including phenoxy) is 2. The maximum absolute atomic E-state index is 11.7. The van der Waals surface area contributed by atoms with Gasteiger partial charge in [0.1, 0.15) is 11.7 Å². The molecular weight excluding hydrogens is 286 g/mol. The molecule has 0 fully saturated rings. The highest BCUT2D eigenvalue weighted by Crippen LogP contribution is 2.29. The van der Waals surface area contributed by atoms with Crippen LogP contribution in [0.5, 0.6) is 5.75 Å². The summed E-state index contributed by atoms with van der Waals surface area (Å²) in [4.78, 5) is 11.7. The topological polar surface area (TPSA) is 47.6 Å². The van der Waals surface area contributed by atoms with Crippen molar-refractivity contribution in [3.05, 3.63) is 23.3 Å². The van der Waals surface area contributed by atoms with Crippen LogP contribution in [0.3, 0.4) is 0 Å². The van der Waals surface area contributed by atoms with Gasteiger partial charge < -0.3 is 9.47 Å². The van der Waals surface area contributed by atoms with Crippen LogP contribution in [0, 0.1) is 6.92 Å². The molecule has 1 aromatic rings. The van der Waals surface area contributed by atoms with Crippen molar-refractivity contribution in [3.8, 4) is 5.75 Å². The summed E-state index contributed by atoms with van der Waals surface area (Å²) in [5, 5.41) is 2.77. The molecule has 0 aliphatic heterocycles. The van der Waals surface area contributed by atoms with E-state index in [1.165, 1.54) is 0 Å². The summed E-state index contributed by atoms with van der Waals surface area (Å²) in [6.07, 6.45) is 3.39. The molecule has 1 rings (SSSR count). The number of benzene rings is 1. The average Bonchev–Trinajstić information content (AvgIpc) is 2.37. The number of amides is 1. The Hall–Kier alpha value is -1.36. The monoisotopic (exact) mass is 311 g/mol. The first kappa shape index (κ1) is 17.7. The predicted molar refractivity (Wildman–Crippen MR) is 89.4 cm³/mol. The number of rotatable bonds is 7. The molecule has 0 aliphatic carbocycles. The first-order valence-corrected chi connectivity index (χ1v) is 8.60. The Morgan fingerprint density at radius 2 is 2.10 bits per heavy atom. The van der Waals surface area contributed by atoms with Crippen LogP contribution in [0.2, 0.25) is 0 Å². The van der Waals surface area contributed by atoms with Crippen LogP contribution in [-0.2, 0) is 11.2 Å². The number of carbonyl (C=O) groups is 1. The molecule has 0 aliphatic rings. The third-order valence-electron chi connectivity index (χ3n) is 2.78. The number of thioether (sulfide) groups is 1. The van der Waals surface area contributed by atoms with Gasteiger partial charge in [0.2, 0.25) is 0 Å². The van der Waals surface area contributed by atoms with Crippen molar-refractivity contribution in [2.45, 2.75) is 46.6 Å². The average molecular weight is 311 g/mol. The van der Waals surface area contributed by atoms with Crippen molar-refractivity contribution in [2.24, 2.45) is 0 Å². The number of nitrogens with one attached hydrogen (secondary N) is 1. The van der Waals surface area contributed by atoms with Crippen LogP contribution >= 0.6 is 11.8 Å². The van der Waals surface area contributed by atoms with Gasteiger partial charge >= 0.3 is 6.09 Å². The second-order valence-corrected chi connectivity index (χ2v) is 5.97. The van der Waals surface area contributed by atoms with E-state index in [0.29, 0.717) is 5.94 Å². The lowest BCUT2D eigenvalue weighted by molar-refractivity contribution is 0.130. The minimum absolute atomic E-state index is 0.134. The largest absolute Gasteiger partial charge is 0.482 e. The van der Waals surface area contributed by atoms with E-state index in [-0.39, 0.29) is 6.10 Å². The third kappa shape index (κ3) is 5.87. The molecule has 1 aromatic carbocycles. The summed E-state index contributed by atoms with van der Waals surface area (Å²) in [7, 11) is 0. The van der Waals surface area contributed by atoms with Crippen molar-refractivity contribution in [2.75, 3.05) is 17.5 Å². The quantitative estimate of drug-likeness (QED) is 0.747. The minimum atomic E-state index is -0.426. The van der Waals surface area contributed by atoms with Crippen molar-refractivity contribution < 1.29 is 14.3 Å². The van der Waals surface area contributed by atoms with Gasteiger partial charge in [-0.1, -0.05) is 13.3 Å². The van der Waals surface area contributed by atoms with Crippen LogP contribution in [0.25, 0.3) is 0 Å². The number of hydrogen-bond donors (Lipinski definition) is 1. The number of anilines is 1. The Labute approximate surface area is 131 Å². The van der Waals surface area contributed by atoms with Crippen LogP contribution in [0.4, 0.5) is 10.5 Å². The van der Waals surface area contributed by atoms with Gasteiger partial charge in [0.15, 0.2) is 0 Å². The van der Waals surface area contributed by atoms with E-state index in [0.717, 1.165) is 35.4 Å². The maximum Gasteiger partial charge on any atom is 0.411 e. The summed E-state index contributed by atoms with van der Waals surface area (Å²) in [5.74, 6) is 1.55. The van der Waals surface area contributed by atoms with Crippen molar-refractivity contribution >= 4 is 23.5 Å². The zero-order valence-electron chi connectivity index (χ0n) is 13.5. The number of aryl methyl sites for hydroxylation is 2. The Morgan fingerprint density at radius 1 is 1.38 bits per heavy atom. The molecule has 1 amide bonds. The van der Waals surface area contributed by atoms with Gasteiger partial charge in [-0.2, -0.15) is 0 Å². The van der Waals surface area contributed by atoms with Gasteiger partial charge in [-0.05, 0) is 56.7 Å². The summed E-state index contributed by atoms with van der Waals surface area (Å²) in [5.41, 5.74) is 2.89. The standard InChI is InChI=1S/C16H25NO3S/c1-6-7-13-9-14(17-16(18)20-11(2)3)8-12(4)15(13)19-10-21-5/h8-9,11H,6-7,10H2,1-5H3,(H,17,18). The second kappa shape index (κ2) is 8.82. The predicted octanol–water partition coefficient (Wildman–Crippen LogP) is 4.60. The van der Waals surface area contributed by atoms with Crippen molar-refractivity contribution in [1.29, 1.82) is 0 Å². The molecule has 4 nitrogen and oxygen atoms in total. The molecule has 0 radical (unpaired) electrons. The fraction of sp³-hybridized carbons (Fsp3) is 0.562. The Morgan fingerprint density at radius 3 is 2.67 bits per heavy atom. The lowest BCUT2D eigenvalue weighted by atomic mass is 10.0. The van der Waals surface area contributed by atoms with E-state index in [4.69, 9.17) is 9.47 Å². The zero-order valence-corrected chi connectivity index (χ0v) is 14.3. The first-order chi connectivity index (χ1) is 9.97. The number of carbonyl (C=O) groups excluding carboxylic acids is 1. The normalized spacial score (nSPS) is 10.6. The van der Waals surface area contributed by atoms with Crippen LogP contribution in [0.15, 0.2) is 12.1 Å². The SMILES string of the molecule is CCCc1cc(NC(=O)OC(C)C)cc(C)c1OCSC. The van der Waals surface area contributed by atoms with E-state index >= 15 is 0 Å². The summed E-state index contributed by atoms with van der Waals surface area (Å²) < 4.78 is 10.9. The summed E-state index contributed by atoms with van der Waals surface area (Å²) in [6, 6.07) is 3.88. The third-order valence-corrected chi connectivity index (χ3v) is 3.13. The van der Waals surface area contributed by atoms with Crippen LogP contribution in [-0.4, -0.2) is 24.4 Å². The lowest BCUT2D eigenvalue weighted by Crippen LogP contribution is -2.18. The molecule has 0 unspecified atom stereocenters. The van der Waals surface area contributed by atoms with Gasteiger partial charge in [-0.25, -0.2) is 4.79 Å². The highest BCUT2D eigenvalue weighted by Gasteiger charge is 2.12. The molecule has 0 bridgehead atoms. The van der Waals surface area contributed by atoms with Crippen LogP contribution < -0.4 is 10.1 Å².